The number of hydrogen-bond donors (Lipinski definition) is 1. The van der Waals surface area contributed by atoms with Crippen LogP contribution in [0.4, 0.5) is 4.39 Å². The van der Waals surface area contributed by atoms with E-state index in [0.29, 0.717) is 19.4 Å². The van der Waals surface area contributed by atoms with Crippen molar-refractivity contribution in [1.82, 2.24) is 4.90 Å². The molecule has 2 heterocycles. The minimum Gasteiger partial charge on any atom is -0.494 e. The van der Waals surface area contributed by atoms with Crippen LogP contribution in [0.5, 0.6) is 5.75 Å². The van der Waals surface area contributed by atoms with Gasteiger partial charge in [0.25, 0.3) is 0 Å². The maximum Gasteiger partial charge on any atom is 0.119 e. The fraction of sp³-hybridized carbons (Fsp3) is 0.647. The molecule has 3 nitrogen and oxygen atoms in total. The normalized spacial score (nSPS) is 28.8. The Kier molecular flexibility index (Phi) is 4.45. The van der Waals surface area contributed by atoms with Crippen LogP contribution in [-0.2, 0) is 6.42 Å². The Balaban J connectivity index is 1.80. The van der Waals surface area contributed by atoms with E-state index in [1.165, 1.54) is 11.1 Å². The van der Waals surface area contributed by atoms with Crippen LogP contribution in [0.3, 0.4) is 0 Å². The molecule has 0 aromatic heterocycles. The first-order valence-corrected chi connectivity index (χ1v) is 7.96. The quantitative estimate of drug-likeness (QED) is 0.926. The van der Waals surface area contributed by atoms with E-state index in [1.54, 1.807) is 0 Å². The highest BCUT2D eigenvalue weighted by molar-refractivity contribution is 5.39. The van der Waals surface area contributed by atoms with Gasteiger partial charge in [-0.25, -0.2) is 0 Å². The van der Waals surface area contributed by atoms with Gasteiger partial charge in [-0.15, -0.1) is 0 Å². The Morgan fingerprint density at radius 2 is 2.29 bits per heavy atom. The maximum absolute atomic E-state index is 12.6. The largest absolute Gasteiger partial charge is 0.494 e. The Hall–Kier alpha value is -1.13. The lowest BCUT2D eigenvalue weighted by atomic mass is 9.81. The third kappa shape index (κ3) is 2.92. The standard InChI is InChI=1S/C17H24FNO2/c1-2-21-14-3-4-15-12(9-14)6-8-19-11-13(5-7-18)17(20)10-16(15)19/h3-4,9,13,16-17,20H,2,5-8,10-11H2,1H3/t13-,16-,17+/m1/s1/i18+0. The zero-order chi connectivity index (χ0) is 14.8. The van der Waals surface area contributed by atoms with Crippen LogP contribution in [0.15, 0.2) is 18.2 Å². The monoisotopic (exact) mass is 293 g/mol. The van der Waals surface area contributed by atoms with Gasteiger partial charge in [-0.05, 0) is 49.4 Å². The van der Waals surface area contributed by atoms with E-state index in [-0.39, 0.29) is 24.7 Å². The number of nitrogens with zero attached hydrogens (tertiary/aromatic N) is 1. The molecule has 4 heteroatoms. The van der Waals surface area contributed by atoms with Crippen molar-refractivity contribution in [3.63, 3.8) is 0 Å². The summed E-state index contributed by atoms with van der Waals surface area (Å²) in [5, 5.41) is 10.3. The topological polar surface area (TPSA) is 32.7 Å². The van der Waals surface area contributed by atoms with E-state index in [9.17, 15) is 9.50 Å². The van der Waals surface area contributed by atoms with Gasteiger partial charge >= 0.3 is 0 Å². The zero-order valence-electron chi connectivity index (χ0n) is 12.6. The third-order valence-corrected chi connectivity index (χ3v) is 4.85. The summed E-state index contributed by atoms with van der Waals surface area (Å²) in [6.07, 6.45) is 1.80. The Labute approximate surface area is 125 Å². The second-order valence-electron chi connectivity index (χ2n) is 6.10. The molecule has 3 rings (SSSR count). The van der Waals surface area contributed by atoms with Gasteiger partial charge in [0.05, 0.1) is 19.4 Å². The second-order valence-corrected chi connectivity index (χ2v) is 6.10. The van der Waals surface area contributed by atoms with Crippen molar-refractivity contribution in [2.24, 2.45) is 5.92 Å². The highest BCUT2D eigenvalue weighted by Gasteiger charge is 2.37. The molecule has 2 aliphatic heterocycles. The highest BCUT2D eigenvalue weighted by Crippen LogP contribution is 2.40. The predicted octanol–water partition coefficient (Wildman–Crippen LogP) is 2.72. The molecule has 21 heavy (non-hydrogen) atoms. The molecule has 0 amide bonds. The molecule has 1 fully saturated rings. The molecule has 1 aromatic carbocycles. The van der Waals surface area contributed by atoms with E-state index in [0.717, 1.165) is 25.3 Å². The van der Waals surface area contributed by atoms with Crippen LogP contribution in [0.2, 0.25) is 0 Å². The molecule has 0 radical (unpaired) electrons. The van der Waals surface area contributed by atoms with E-state index < -0.39 is 0 Å². The smallest absolute Gasteiger partial charge is 0.119 e. The lowest BCUT2D eigenvalue weighted by Crippen LogP contribution is -2.48. The van der Waals surface area contributed by atoms with Crippen molar-refractivity contribution in [1.29, 1.82) is 0 Å². The van der Waals surface area contributed by atoms with Gasteiger partial charge in [0.15, 0.2) is 0 Å². The number of alkyl halides is 1. The van der Waals surface area contributed by atoms with Gasteiger partial charge in [-0.3, -0.25) is 9.29 Å². The summed E-state index contributed by atoms with van der Waals surface area (Å²) in [5.41, 5.74) is 2.64. The minimum absolute atomic E-state index is 0.0792. The first kappa shape index (κ1) is 14.8. The SMILES string of the molecule is CCOc1ccc2c(c1)CCN1C[C@@H](CC[19F])[C@@H](O)C[C@H]21. The number of fused-ring (bicyclic) bond motifs is 3. The van der Waals surface area contributed by atoms with E-state index in [4.69, 9.17) is 4.74 Å². The van der Waals surface area contributed by atoms with Crippen LogP contribution in [0, 0.1) is 5.92 Å². The minimum atomic E-state index is -0.389. The number of aliphatic hydroxyl groups excluding tert-OH is 1. The van der Waals surface area contributed by atoms with E-state index >= 15 is 0 Å². The maximum atomic E-state index is 12.6. The molecule has 1 aromatic rings. The molecule has 0 saturated carbocycles. The predicted molar refractivity (Wildman–Crippen MR) is 80.3 cm³/mol. The van der Waals surface area contributed by atoms with Crippen molar-refractivity contribution >= 4 is 0 Å². The molecule has 1 saturated heterocycles. The van der Waals surface area contributed by atoms with E-state index in [1.807, 2.05) is 13.0 Å². The van der Waals surface area contributed by atoms with Gasteiger partial charge < -0.3 is 9.84 Å². The number of rotatable bonds is 4. The second kappa shape index (κ2) is 6.32. The number of hydrogen-bond acceptors (Lipinski definition) is 3. The first-order valence-electron chi connectivity index (χ1n) is 7.96. The van der Waals surface area contributed by atoms with Crippen molar-refractivity contribution in [2.75, 3.05) is 26.4 Å². The van der Waals surface area contributed by atoms with Crippen LogP contribution in [-0.4, -0.2) is 42.5 Å². The van der Waals surface area contributed by atoms with Gasteiger partial charge in [0, 0.05) is 25.0 Å². The lowest BCUT2D eigenvalue weighted by Gasteiger charge is -2.45. The summed E-state index contributed by atoms with van der Waals surface area (Å²) in [7, 11) is 0. The fourth-order valence-electron chi connectivity index (χ4n) is 3.76. The van der Waals surface area contributed by atoms with Crippen LogP contribution < -0.4 is 4.74 Å². The van der Waals surface area contributed by atoms with E-state index in [2.05, 4.69) is 17.0 Å². The highest BCUT2D eigenvalue weighted by atomic mass is 19.1. The molecule has 0 unspecified atom stereocenters. The lowest BCUT2D eigenvalue weighted by molar-refractivity contribution is -0.0169. The van der Waals surface area contributed by atoms with Crippen molar-refractivity contribution in [2.45, 2.75) is 38.3 Å². The number of ether oxygens (including phenoxy) is 1. The van der Waals surface area contributed by atoms with Crippen molar-refractivity contribution in [3.05, 3.63) is 29.3 Å². The molecule has 3 atom stereocenters. The van der Waals surface area contributed by atoms with Gasteiger partial charge in [-0.2, -0.15) is 0 Å². The van der Waals surface area contributed by atoms with Gasteiger partial charge in [-0.1, -0.05) is 6.07 Å². The fourth-order valence-corrected chi connectivity index (χ4v) is 3.76. The molecular weight excluding hydrogens is 269 g/mol. The Morgan fingerprint density at radius 3 is 3.05 bits per heavy atom. The number of halogens is 1. The summed E-state index contributed by atoms with van der Waals surface area (Å²) >= 11 is 0. The number of aliphatic hydroxyl groups is 1. The number of piperidine rings is 1. The van der Waals surface area contributed by atoms with Crippen molar-refractivity contribution < 1.29 is 14.2 Å². The third-order valence-electron chi connectivity index (χ3n) is 4.85. The van der Waals surface area contributed by atoms with Gasteiger partial charge in [0.2, 0.25) is 0 Å². The van der Waals surface area contributed by atoms with Crippen LogP contribution >= 0.6 is 0 Å². The Bertz CT molecular complexity index is 494. The summed E-state index contributed by atoms with van der Waals surface area (Å²) in [4.78, 5) is 2.41. The van der Waals surface area contributed by atoms with Crippen molar-refractivity contribution in [3.8, 4) is 5.75 Å². The molecule has 2 aliphatic rings. The van der Waals surface area contributed by atoms with Crippen LogP contribution in [0.25, 0.3) is 0 Å². The average molecular weight is 293 g/mol. The molecular formula is C17H24FNO2. The average Bonchev–Trinajstić information content (AvgIpc) is 2.48. The first-order chi connectivity index (χ1) is 10.2. The number of benzene rings is 1. The summed E-state index contributed by atoms with van der Waals surface area (Å²) in [6.45, 7) is 4.13. The molecule has 0 aliphatic carbocycles. The molecule has 116 valence electrons. The molecule has 0 spiro atoms. The zero-order valence-corrected chi connectivity index (χ0v) is 12.6. The Morgan fingerprint density at radius 1 is 1.43 bits per heavy atom. The summed E-state index contributed by atoms with van der Waals surface area (Å²) in [6, 6.07) is 6.57. The molecule has 1 N–H and O–H groups in total. The van der Waals surface area contributed by atoms with Gasteiger partial charge in [0.1, 0.15) is 5.75 Å². The summed E-state index contributed by atoms with van der Waals surface area (Å²) in [5.74, 6) is 1.01. The molecule has 0 bridgehead atoms. The summed E-state index contributed by atoms with van der Waals surface area (Å²) < 4.78 is 18.2. The van der Waals surface area contributed by atoms with Crippen LogP contribution in [0.1, 0.15) is 36.9 Å².